The van der Waals surface area contributed by atoms with Crippen LogP contribution in [0.5, 0.6) is 0 Å². The highest BCUT2D eigenvalue weighted by Crippen LogP contribution is 2.26. The van der Waals surface area contributed by atoms with E-state index in [1.54, 1.807) is 12.1 Å². The lowest BCUT2D eigenvalue weighted by Crippen LogP contribution is -2.21. The number of nitrogens with two attached hydrogens (primary N) is 1. The van der Waals surface area contributed by atoms with Gasteiger partial charge in [0.15, 0.2) is 0 Å². The van der Waals surface area contributed by atoms with Crippen molar-refractivity contribution in [3.8, 4) is 0 Å². The number of anilines is 1. The standard InChI is InChI=1S/C12H16FNOS/c13-11-7-9(14)4-5-12(11)16-8-10-3-1-2-6-15-10/h4-5,7,10H,1-3,6,8,14H2. The third-order valence-corrected chi connectivity index (χ3v) is 3.84. The highest BCUT2D eigenvalue weighted by molar-refractivity contribution is 7.99. The fourth-order valence-corrected chi connectivity index (χ4v) is 2.75. The van der Waals surface area contributed by atoms with Crippen LogP contribution in [0.1, 0.15) is 19.3 Å². The van der Waals surface area contributed by atoms with E-state index in [-0.39, 0.29) is 11.9 Å². The van der Waals surface area contributed by atoms with E-state index in [1.807, 2.05) is 0 Å². The van der Waals surface area contributed by atoms with Crippen molar-refractivity contribution < 1.29 is 9.13 Å². The molecule has 16 heavy (non-hydrogen) atoms. The Labute approximate surface area is 99.4 Å². The quantitative estimate of drug-likeness (QED) is 0.652. The van der Waals surface area contributed by atoms with Gasteiger partial charge in [-0.25, -0.2) is 4.39 Å². The molecule has 1 aromatic rings. The summed E-state index contributed by atoms with van der Waals surface area (Å²) in [7, 11) is 0. The van der Waals surface area contributed by atoms with Gasteiger partial charge >= 0.3 is 0 Å². The lowest BCUT2D eigenvalue weighted by molar-refractivity contribution is 0.0315. The van der Waals surface area contributed by atoms with E-state index < -0.39 is 0 Å². The van der Waals surface area contributed by atoms with Crippen molar-refractivity contribution >= 4 is 17.4 Å². The predicted octanol–water partition coefficient (Wildman–Crippen LogP) is 3.07. The molecule has 0 bridgehead atoms. The van der Waals surface area contributed by atoms with Gasteiger partial charge in [-0.1, -0.05) is 0 Å². The van der Waals surface area contributed by atoms with Crippen LogP contribution in [0.15, 0.2) is 23.1 Å². The molecule has 1 aromatic carbocycles. The second-order valence-corrected chi connectivity index (χ2v) is 5.05. The zero-order valence-corrected chi connectivity index (χ0v) is 9.93. The van der Waals surface area contributed by atoms with Crippen molar-refractivity contribution in [1.82, 2.24) is 0 Å². The van der Waals surface area contributed by atoms with Crippen LogP contribution in [-0.2, 0) is 4.74 Å². The Hall–Kier alpha value is -0.740. The normalized spacial score (nSPS) is 20.9. The lowest BCUT2D eigenvalue weighted by Gasteiger charge is -2.22. The molecule has 1 aliphatic rings. The van der Waals surface area contributed by atoms with Crippen molar-refractivity contribution in [3.05, 3.63) is 24.0 Å². The van der Waals surface area contributed by atoms with E-state index in [0.29, 0.717) is 10.6 Å². The molecular weight excluding hydrogens is 225 g/mol. The molecule has 1 unspecified atom stereocenters. The first kappa shape index (κ1) is 11.7. The van der Waals surface area contributed by atoms with E-state index in [2.05, 4.69) is 0 Å². The zero-order valence-electron chi connectivity index (χ0n) is 9.12. The molecule has 1 saturated heterocycles. The van der Waals surface area contributed by atoms with Gasteiger partial charge in [-0.05, 0) is 37.5 Å². The summed E-state index contributed by atoms with van der Waals surface area (Å²) in [5, 5.41) is 0. The molecule has 1 fully saturated rings. The Morgan fingerprint density at radius 1 is 1.44 bits per heavy atom. The first-order valence-electron chi connectivity index (χ1n) is 5.55. The summed E-state index contributed by atoms with van der Waals surface area (Å²) >= 11 is 1.51. The number of hydrogen-bond donors (Lipinski definition) is 1. The number of rotatable bonds is 3. The molecule has 0 spiro atoms. The van der Waals surface area contributed by atoms with E-state index >= 15 is 0 Å². The van der Waals surface area contributed by atoms with Gasteiger partial charge in [-0.2, -0.15) is 0 Å². The second kappa shape index (κ2) is 5.55. The molecule has 2 N–H and O–H groups in total. The van der Waals surface area contributed by atoms with Gasteiger partial charge in [0.1, 0.15) is 5.82 Å². The molecule has 2 rings (SSSR count). The van der Waals surface area contributed by atoms with Crippen LogP contribution in [0, 0.1) is 5.82 Å². The molecule has 1 heterocycles. The average Bonchev–Trinajstić information content (AvgIpc) is 2.29. The van der Waals surface area contributed by atoms with Crippen molar-refractivity contribution in [2.45, 2.75) is 30.3 Å². The van der Waals surface area contributed by atoms with E-state index in [9.17, 15) is 4.39 Å². The molecule has 88 valence electrons. The van der Waals surface area contributed by atoms with Crippen LogP contribution in [0.2, 0.25) is 0 Å². The highest BCUT2D eigenvalue weighted by Gasteiger charge is 2.14. The third-order valence-electron chi connectivity index (χ3n) is 2.65. The number of benzene rings is 1. The monoisotopic (exact) mass is 241 g/mol. The Bertz CT molecular complexity index is 353. The lowest BCUT2D eigenvalue weighted by atomic mass is 10.1. The number of hydrogen-bond acceptors (Lipinski definition) is 3. The Balaban J connectivity index is 1.88. The van der Waals surface area contributed by atoms with Crippen LogP contribution < -0.4 is 5.73 Å². The summed E-state index contributed by atoms with van der Waals surface area (Å²) < 4.78 is 19.1. The van der Waals surface area contributed by atoms with Gasteiger partial charge in [0.2, 0.25) is 0 Å². The molecule has 4 heteroatoms. The predicted molar refractivity (Wildman–Crippen MR) is 65.1 cm³/mol. The van der Waals surface area contributed by atoms with E-state index in [4.69, 9.17) is 10.5 Å². The maximum absolute atomic E-state index is 13.5. The van der Waals surface area contributed by atoms with Crippen LogP contribution in [0.3, 0.4) is 0 Å². The highest BCUT2D eigenvalue weighted by atomic mass is 32.2. The molecule has 0 aromatic heterocycles. The van der Waals surface area contributed by atoms with Crippen LogP contribution >= 0.6 is 11.8 Å². The number of ether oxygens (including phenoxy) is 1. The Morgan fingerprint density at radius 2 is 2.31 bits per heavy atom. The molecule has 2 nitrogen and oxygen atoms in total. The van der Waals surface area contributed by atoms with Crippen molar-refractivity contribution in [2.24, 2.45) is 0 Å². The minimum absolute atomic E-state index is 0.235. The summed E-state index contributed by atoms with van der Waals surface area (Å²) in [5.41, 5.74) is 5.96. The molecular formula is C12H16FNOS. The first-order valence-corrected chi connectivity index (χ1v) is 6.53. The third kappa shape index (κ3) is 3.12. The fraction of sp³-hybridized carbons (Fsp3) is 0.500. The van der Waals surface area contributed by atoms with Gasteiger partial charge in [0.05, 0.1) is 6.10 Å². The molecule has 0 amide bonds. The molecule has 0 radical (unpaired) electrons. The second-order valence-electron chi connectivity index (χ2n) is 3.99. The Kier molecular flexibility index (Phi) is 4.07. The van der Waals surface area contributed by atoms with Crippen LogP contribution in [0.25, 0.3) is 0 Å². The molecule has 1 aliphatic heterocycles. The molecule has 0 aliphatic carbocycles. The van der Waals surface area contributed by atoms with Gasteiger partial charge in [-0.15, -0.1) is 11.8 Å². The summed E-state index contributed by atoms with van der Waals surface area (Å²) in [6.45, 7) is 0.843. The summed E-state index contributed by atoms with van der Waals surface area (Å²) in [6, 6.07) is 4.83. The van der Waals surface area contributed by atoms with Gasteiger partial charge in [-0.3, -0.25) is 0 Å². The zero-order chi connectivity index (χ0) is 11.4. The minimum Gasteiger partial charge on any atom is -0.399 e. The largest absolute Gasteiger partial charge is 0.399 e. The topological polar surface area (TPSA) is 35.2 Å². The van der Waals surface area contributed by atoms with Crippen LogP contribution in [-0.4, -0.2) is 18.5 Å². The maximum Gasteiger partial charge on any atom is 0.138 e. The Morgan fingerprint density at radius 3 is 3.00 bits per heavy atom. The first-order chi connectivity index (χ1) is 7.75. The maximum atomic E-state index is 13.5. The van der Waals surface area contributed by atoms with E-state index in [0.717, 1.165) is 25.2 Å². The van der Waals surface area contributed by atoms with Gasteiger partial charge in [0, 0.05) is 22.9 Å². The van der Waals surface area contributed by atoms with E-state index in [1.165, 1.54) is 24.2 Å². The average molecular weight is 241 g/mol. The molecule has 1 atom stereocenters. The van der Waals surface area contributed by atoms with Crippen molar-refractivity contribution in [3.63, 3.8) is 0 Å². The van der Waals surface area contributed by atoms with Crippen LogP contribution in [0.4, 0.5) is 10.1 Å². The van der Waals surface area contributed by atoms with Crippen molar-refractivity contribution in [2.75, 3.05) is 18.1 Å². The minimum atomic E-state index is -0.235. The molecule has 0 saturated carbocycles. The number of halogens is 1. The smallest absolute Gasteiger partial charge is 0.138 e. The van der Waals surface area contributed by atoms with Crippen molar-refractivity contribution in [1.29, 1.82) is 0 Å². The number of nitrogen functional groups attached to an aromatic ring is 1. The fourth-order valence-electron chi connectivity index (χ4n) is 1.76. The summed E-state index contributed by atoms with van der Waals surface area (Å²) in [5.74, 6) is 0.585. The summed E-state index contributed by atoms with van der Waals surface area (Å²) in [4.78, 5) is 0.656. The number of thioether (sulfide) groups is 1. The van der Waals surface area contributed by atoms with Gasteiger partial charge < -0.3 is 10.5 Å². The summed E-state index contributed by atoms with van der Waals surface area (Å²) in [6.07, 6.45) is 3.73. The SMILES string of the molecule is Nc1ccc(SCC2CCCCO2)c(F)c1. The van der Waals surface area contributed by atoms with Gasteiger partial charge in [0.25, 0.3) is 0 Å².